The molecule has 2 saturated heterocycles. The number of likely N-dealkylation sites (tertiary alicyclic amines) is 2. The van der Waals surface area contributed by atoms with Gasteiger partial charge in [-0.05, 0) is 62.4 Å². The Balaban J connectivity index is 0.00000225. The van der Waals surface area contributed by atoms with Crippen molar-refractivity contribution >= 4 is 18.3 Å². The highest BCUT2D eigenvalue weighted by Gasteiger charge is 2.30. The van der Waals surface area contributed by atoms with Crippen LogP contribution in [0.5, 0.6) is 5.75 Å². The molecular weight excluding hydrogens is 336 g/mol. The van der Waals surface area contributed by atoms with E-state index in [1.54, 1.807) is 7.11 Å². The first kappa shape index (κ1) is 20.1. The number of amides is 1. The molecule has 1 aromatic rings. The second kappa shape index (κ2) is 9.44. The van der Waals surface area contributed by atoms with Gasteiger partial charge in [-0.15, -0.1) is 12.4 Å². The fourth-order valence-electron chi connectivity index (χ4n) is 3.97. The standard InChI is InChI=1S/C20H30N2O2.ClH/c1-16-4-3-11-22(14-16)20(23)18-9-12-21(13-10-18)15-17-5-7-19(24-2)8-6-17;/h5-8,16,18H,3-4,9-15H2,1-2H3;1H. The summed E-state index contributed by atoms with van der Waals surface area (Å²) in [6.45, 7) is 7.19. The Morgan fingerprint density at radius 2 is 1.80 bits per heavy atom. The topological polar surface area (TPSA) is 32.8 Å². The van der Waals surface area contributed by atoms with E-state index < -0.39 is 0 Å². The number of piperidine rings is 2. The summed E-state index contributed by atoms with van der Waals surface area (Å²) in [5.41, 5.74) is 1.31. The van der Waals surface area contributed by atoms with Crippen molar-refractivity contribution in [2.75, 3.05) is 33.3 Å². The smallest absolute Gasteiger partial charge is 0.225 e. The van der Waals surface area contributed by atoms with Crippen LogP contribution in [0.25, 0.3) is 0 Å². The molecule has 2 aliphatic heterocycles. The molecule has 0 bridgehead atoms. The highest BCUT2D eigenvalue weighted by Crippen LogP contribution is 2.24. The first-order valence-electron chi connectivity index (χ1n) is 9.30. The molecule has 25 heavy (non-hydrogen) atoms. The molecule has 3 rings (SSSR count). The van der Waals surface area contributed by atoms with E-state index in [2.05, 4.69) is 28.9 Å². The molecule has 4 nitrogen and oxygen atoms in total. The number of nitrogens with zero attached hydrogens (tertiary/aromatic N) is 2. The molecule has 2 heterocycles. The fraction of sp³-hybridized carbons (Fsp3) is 0.650. The minimum Gasteiger partial charge on any atom is -0.497 e. The van der Waals surface area contributed by atoms with Crippen molar-refractivity contribution in [3.8, 4) is 5.75 Å². The van der Waals surface area contributed by atoms with E-state index in [0.29, 0.717) is 11.8 Å². The lowest BCUT2D eigenvalue weighted by molar-refractivity contribution is -0.138. The second-order valence-electron chi connectivity index (χ2n) is 7.43. The van der Waals surface area contributed by atoms with Gasteiger partial charge in [-0.1, -0.05) is 19.1 Å². The lowest BCUT2D eigenvalue weighted by atomic mass is 9.92. The Kier molecular flexibility index (Phi) is 7.57. The molecule has 2 aliphatic rings. The minimum absolute atomic E-state index is 0. The highest BCUT2D eigenvalue weighted by atomic mass is 35.5. The summed E-state index contributed by atoms with van der Waals surface area (Å²) in [5.74, 6) is 2.21. The van der Waals surface area contributed by atoms with Gasteiger partial charge in [-0.25, -0.2) is 0 Å². The van der Waals surface area contributed by atoms with Crippen LogP contribution in [0.4, 0.5) is 0 Å². The van der Waals surface area contributed by atoms with Crippen LogP contribution in [0.2, 0.25) is 0 Å². The quantitative estimate of drug-likeness (QED) is 0.816. The monoisotopic (exact) mass is 366 g/mol. The molecule has 1 atom stereocenters. The molecule has 0 saturated carbocycles. The number of halogens is 1. The van der Waals surface area contributed by atoms with Crippen LogP contribution >= 0.6 is 12.4 Å². The number of benzene rings is 1. The fourth-order valence-corrected chi connectivity index (χ4v) is 3.97. The first-order chi connectivity index (χ1) is 11.7. The maximum absolute atomic E-state index is 12.7. The Hall–Kier alpha value is -1.26. The van der Waals surface area contributed by atoms with Crippen molar-refractivity contribution in [2.24, 2.45) is 11.8 Å². The van der Waals surface area contributed by atoms with Crippen LogP contribution in [-0.4, -0.2) is 49.0 Å². The van der Waals surface area contributed by atoms with E-state index >= 15 is 0 Å². The zero-order valence-electron chi connectivity index (χ0n) is 15.4. The van der Waals surface area contributed by atoms with Crippen LogP contribution in [0, 0.1) is 11.8 Å². The molecule has 1 amide bonds. The largest absolute Gasteiger partial charge is 0.497 e. The summed E-state index contributed by atoms with van der Waals surface area (Å²) >= 11 is 0. The van der Waals surface area contributed by atoms with E-state index in [-0.39, 0.29) is 18.3 Å². The van der Waals surface area contributed by atoms with Crippen molar-refractivity contribution in [1.29, 1.82) is 0 Å². The Labute approximate surface area is 157 Å². The molecule has 1 unspecified atom stereocenters. The van der Waals surface area contributed by atoms with E-state index in [1.807, 2.05) is 12.1 Å². The third kappa shape index (κ3) is 5.35. The Morgan fingerprint density at radius 3 is 2.40 bits per heavy atom. The number of carbonyl (C=O) groups is 1. The summed E-state index contributed by atoms with van der Waals surface area (Å²) in [7, 11) is 1.69. The lowest BCUT2D eigenvalue weighted by Crippen LogP contribution is -2.45. The minimum atomic E-state index is 0. The third-order valence-corrected chi connectivity index (χ3v) is 5.47. The van der Waals surface area contributed by atoms with Gasteiger partial charge in [0.1, 0.15) is 5.75 Å². The zero-order chi connectivity index (χ0) is 16.9. The molecule has 0 radical (unpaired) electrons. The van der Waals surface area contributed by atoms with Gasteiger partial charge in [0.05, 0.1) is 7.11 Å². The zero-order valence-corrected chi connectivity index (χ0v) is 16.3. The summed E-state index contributed by atoms with van der Waals surface area (Å²) in [6, 6.07) is 8.29. The molecule has 0 spiro atoms. The highest BCUT2D eigenvalue weighted by molar-refractivity contribution is 5.85. The first-order valence-corrected chi connectivity index (χ1v) is 9.30. The average molecular weight is 367 g/mol. The summed E-state index contributed by atoms with van der Waals surface area (Å²) < 4.78 is 5.21. The molecule has 0 aliphatic carbocycles. The van der Waals surface area contributed by atoms with Crippen molar-refractivity contribution in [1.82, 2.24) is 9.80 Å². The number of hydrogen-bond acceptors (Lipinski definition) is 3. The molecule has 140 valence electrons. The van der Waals surface area contributed by atoms with Gasteiger partial charge in [0.15, 0.2) is 0 Å². The number of hydrogen-bond donors (Lipinski definition) is 0. The van der Waals surface area contributed by atoms with Gasteiger partial charge in [-0.3, -0.25) is 9.69 Å². The van der Waals surface area contributed by atoms with Crippen molar-refractivity contribution in [2.45, 2.75) is 39.2 Å². The number of carbonyl (C=O) groups excluding carboxylic acids is 1. The lowest BCUT2D eigenvalue weighted by Gasteiger charge is -2.37. The average Bonchev–Trinajstić information content (AvgIpc) is 2.62. The third-order valence-electron chi connectivity index (χ3n) is 5.47. The summed E-state index contributed by atoms with van der Waals surface area (Å²) in [5, 5.41) is 0. The van der Waals surface area contributed by atoms with E-state index in [9.17, 15) is 4.79 Å². The molecule has 2 fully saturated rings. The number of rotatable bonds is 4. The number of methoxy groups -OCH3 is 1. The Bertz CT molecular complexity index is 541. The van der Waals surface area contributed by atoms with Gasteiger partial charge in [0.2, 0.25) is 5.91 Å². The predicted molar refractivity (Wildman–Crippen MR) is 103 cm³/mol. The molecule has 5 heteroatoms. The SMILES string of the molecule is COc1ccc(CN2CCC(C(=O)N3CCCC(C)C3)CC2)cc1.Cl. The summed E-state index contributed by atoms with van der Waals surface area (Å²) in [4.78, 5) is 17.3. The van der Waals surface area contributed by atoms with Crippen LogP contribution in [0.15, 0.2) is 24.3 Å². The molecular formula is C20H31ClN2O2. The normalized spacial score (nSPS) is 22.3. The van der Waals surface area contributed by atoms with E-state index in [0.717, 1.165) is 51.3 Å². The van der Waals surface area contributed by atoms with Crippen LogP contribution in [0.1, 0.15) is 38.2 Å². The van der Waals surface area contributed by atoms with Crippen molar-refractivity contribution in [3.05, 3.63) is 29.8 Å². The van der Waals surface area contributed by atoms with Gasteiger partial charge in [0.25, 0.3) is 0 Å². The maximum Gasteiger partial charge on any atom is 0.225 e. The van der Waals surface area contributed by atoms with Gasteiger partial charge >= 0.3 is 0 Å². The van der Waals surface area contributed by atoms with Gasteiger partial charge in [0, 0.05) is 25.6 Å². The molecule has 0 N–H and O–H groups in total. The van der Waals surface area contributed by atoms with Crippen LogP contribution < -0.4 is 4.74 Å². The van der Waals surface area contributed by atoms with E-state index in [1.165, 1.54) is 18.4 Å². The van der Waals surface area contributed by atoms with Crippen molar-refractivity contribution < 1.29 is 9.53 Å². The van der Waals surface area contributed by atoms with Crippen LogP contribution in [0.3, 0.4) is 0 Å². The van der Waals surface area contributed by atoms with Gasteiger partial charge < -0.3 is 9.64 Å². The Morgan fingerprint density at radius 1 is 1.12 bits per heavy atom. The maximum atomic E-state index is 12.7. The second-order valence-corrected chi connectivity index (χ2v) is 7.43. The van der Waals surface area contributed by atoms with Crippen LogP contribution in [-0.2, 0) is 11.3 Å². The summed E-state index contributed by atoms with van der Waals surface area (Å²) in [6.07, 6.45) is 4.44. The van der Waals surface area contributed by atoms with Crippen molar-refractivity contribution in [3.63, 3.8) is 0 Å². The molecule has 0 aromatic heterocycles. The van der Waals surface area contributed by atoms with Gasteiger partial charge in [-0.2, -0.15) is 0 Å². The predicted octanol–water partition coefficient (Wildman–Crippen LogP) is 3.59. The molecule has 1 aromatic carbocycles. The van der Waals surface area contributed by atoms with E-state index in [4.69, 9.17) is 4.74 Å². The number of ether oxygens (including phenoxy) is 1.